The van der Waals surface area contributed by atoms with E-state index in [9.17, 15) is 14.3 Å². The highest BCUT2D eigenvalue weighted by molar-refractivity contribution is 6.33. The molecule has 0 saturated heterocycles. The lowest BCUT2D eigenvalue weighted by Gasteiger charge is -2.21. The normalized spacial score (nSPS) is 18.2. The molecule has 12 heteroatoms. The lowest BCUT2D eigenvalue weighted by atomic mass is 10.1. The van der Waals surface area contributed by atoms with E-state index in [2.05, 4.69) is 20.6 Å². The van der Waals surface area contributed by atoms with Gasteiger partial charge in [-0.15, -0.1) is 0 Å². The van der Waals surface area contributed by atoms with Gasteiger partial charge in [-0.3, -0.25) is 9.36 Å². The number of aromatic nitrogens is 4. The monoisotopic (exact) mass is 514 g/mol. The van der Waals surface area contributed by atoms with Crippen molar-refractivity contribution >= 4 is 46.3 Å². The molecule has 10 nitrogen and oxygen atoms in total. The van der Waals surface area contributed by atoms with Gasteiger partial charge >= 0.3 is 0 Å². The van der Waals surface area contributed by atoms with Crippen LogP contribution in [-0.4, -0.2) is 42.7 Å². The second-order valence-electron chi connectivity index (χ2n) is 9.02. The maximum Gasteiger partial charge on any atom is 0.224 e. The Balaban J connectivity index is 1.78. The van der Waals surface area contributed by atoms with Crippen LogP contribution in [0.4, 0.5) is 22.0 Å². The molecule has 2 aromatic heterocycles. The number of nitrogens with two attached hydrogens (primary N) is 1. The summed E-state index contributed by atoms with van der Waals surface area (Å²) in [5.74, 6) is -0.453. The molecule has 3 atom stereocenters. The van der Waals surface area contributed by atoms with Crippen molar-refractivity contribution < 1.29 is 14.3 Å². The summed E-state index contributed by atoms with van der Waals surface area (Å²) in [6, 6.07) is 4.18. The summed E-state index contributed by atoms with van der Waals surface area (Å²) in [5.41, 5.74) is 6.48. The molecular weight excluding hydrogens is 487 g/mol. The maximum atomic E-state index is 14.8. The standard InChI is InChI=1S/C24H28ClFN8O2/c1-2-3-15(5-7-20(28)36)34-22-19(12-29-23(33-22)30-14-4-6-16(35)10-14)31-24(34)32-21-17(25)8-13(11-27)9-18(21)26/h8-9,12,14-16,35H,2-7,10H2,1H3,(H2,28,36)(H,31,32)(H,29,30,33)/t14-,15+,16-/m0/s1. The quantitative estimate of drug-likeness (QED) is 0.314. The van der Waals surface area contributed by atoms with Crippen LogP contribution in [0, 0.1) is 17.1 Å². The van der Waals surface area contributed by atoms with E-state index in [1.54, 1.807) is 6.20 Å². The van der Waals surface area contributed by atoms with Gasteiger partial charge in [-0.05, 0) is 44.2 Å². The number of primary amides is 1. The average Bonchev–Trinajstić information content (AvgIpc) is 3.41. The molecule has 1 aliphatic carbocycles. The Hall–Kier alpha value is -3.49. The largest absolute Gasteiger partial charge is 0.393 e. The van der Waals surface area contributed by atoms with Crippen molar-refractivity contribution in [1.82, 2.24) is 19.5 Å². The van der Waals surface area contributed by atoms with Crippen molar-refractivity contribution in [2.24, 2.45) is 5.73 Å². The number of hydrogen-bond donors (Lipinski definition) is 4. The minimum atomic E-state index is -0.699. The number of imidazole rings is 1. The van der Waals surface area contributed by atoms with Crippen LogP contribution in [0.5, 0.6) is 0 Å². The molecule has 1 saturated carbocycles. The number of halogens is 2. The maximum absolute atomic E-state index is 14.8. The molecule has 1 fully saturated rings. The van der Waals surface area contributed by atoms with E-state index >= 15 is 0 Å². The fraction of sp³-hybridized carbons (Fsp3) is 0.458. The van der Waals surface area contributed by atoms with Crippen LogP contribution in [-0.2, 0) is 4.79 Å². The van der Waals surface area contributed by atoms with Gasteiger partial charge in [0.2, 0.25) is 17.8 Å². The van der Waals surface area contributed by atoms with Gasteiger partial charge in [0.05, 0.1) is 34.6 Å². The Morgan fingerprint density at radius 1 is 1.39 bits per heavy atom. The minimum absolute atomic E-state index is 0.0244. The van der Waals surface area contributed by atoms with Gasteiger partial charge in [0, 0.05) is 18.5 Å². The van der Waals surface area contributed by atoms with Crippen molar-refractivity contribution in [3.8, 4) is 6.07 Å². The molecule has 1 amide bonds. The summed E-state index contributed by atoms with van der Waals surface area (Å²) >= 11 is 6.28. The highest BCUT2D eigenvalue weighted by atomic mass is 35.5. The SMILES string of the molecule is CCC[C@H](CCC(N)=O)n1c(Nc2c(F)cc(C#N)cc2Cl)nc2cnc(N[C@H]3CC[C@H](O)C3)nc21. The van der Waals surface area contributed by atoms with E-state index in [1.807, 2.05) is 17.6 Å². The van der Waals surface area contributed by atoms with E-state index < -0.39 is 11.7 Å². The van der Waals surface area contributed by atoms with Gasteiger partial charge in [-0.25, -0.2) is 14.4 Å². The lowest BCUT2D eigenvalue weighted by molar-refractivity contribution is -0.118. The molecule has 5 N–H and O–H groups in total. The molecule has 3 aromatic rings. The molecule has 36 heavy (non-hydrogen) atoms. The molecule has 190 valence electrons. The summed E-state index contributed by atoms with van der Waals surface area (Å²) in [6.07, 6.45) is 5.47. The van der Waals surface area contributed by atoms with Crippen LogP contribution in [0.1, 0.15) is 63.5 Å². The number of aliphatic hydroxyl groups excluding tert-OH is 1. The van der Waals surface area contributed by atoms with Crippen molar-refractivity contribution in [2.75, 3.05) is 10.6 Å². The van der Waals surface area contributed by atoms with E-state index in [1.165, 1.54) is 6.07 Å². The van der Waals surface area contributed by atoms with Crippen LogP contribution in [0.3, 0.4) is 0 Å². The van der Waals surface area contributed by atoms with Crippen molar-refractivity contribution in [2.45, 2.75) is 70.1 Å². The molecule has 1 aliphatic rings. The Kier molecular flexibility index (Phi) is 7.86. The number of nitrogens with zero attached hydrogens (tertiary/aromatic N) is 5. The fourth-order valence-electron chi connectivity index (χ4n) is 4.58. The van der Waals surface area contributed by atoms with Crippen LogP contribution in [0.2, 0.25) is 5.02 Å². The van der Waals surface area contributed by atoms with Crippen LogP contribution >= 0.6 is 11.6 Å². The number of fused-ring (bicyclic) bond motifs is 1. The Morgan fingerprint density at radius 2 is 2.19 bits per heavy atom. The number of hydrogen-bond acceptors (Lipinski definition) is 8. The first-order valence-corrected chi connectivity index (χ1v) is 12.3. The number of nitrogens with one attached hydrogen (secondary N) is 2. The van der Waals surface area contributed by atoms with Crippen molar-refractivity contribution in [3.63, 3.8) is 0 Å². The third-order valence-corrected chi connectivity index (χ3v) is 6.59. The van der Waals surface area contributed by atoms with Crippen molar-refractivity contribution in [1.29, 1.82) is 5.26 Å². The van der Waals surface area contributed by atoms with E-state index in [4.69, 9.17) is 27.6 Å². The number of carbonyl (C=O) groups is 1. The number of benzene rings is 1. The zero-order valence-electron chi connectivity index (χ0n) is 19.8. The number of anilines is 3. The first-order chi connectivity index (χ1) is 17.3. The van der Waals surface area contributed by atoms with E-state index in [0.717, 1.165) is 18.9 Å². The minimum Gasteiger partial charge on any atom is -0.393 e. The van der Waals surface area contributed by atoms with Gasteiger partial charge < -0.3 is 21.5 Å². The molecule has 1 aromatic carbocycles. The summed E-state index contributed by atoms with van der Waals surface area (Å²) in [6.45, 7) is 2.02. The molecule has 0 radical (unpaired) electrons. The second kappa shape index (κ2) is 11.1. The average molecular weight is 515 g/mol. The number of rotatable bonds is 10. The molecular formula is C24H28ClFN8O2. The van der Waals surface area contributed by atoms with E-state index in [-0.39, 0.29) is 46.8 Å². The predicted molar refractivity (Wildman–Crippen MR) is 134 cm³/mol. The highest BCUT2D eigenvalue weighted by Gasteiger charge is 2.26. The fourth-order valence-corrected chi connectivity index (χ4v) is 4.83. The molecule has 4 rings (SSSR count). The van der Waals surface area contributed by atoms with Crippen LogP contribution in [0.15, 0.2) is 18.3 Å². The third-order valence-electron chi connectivity index (χ3n) is 6.29. The Bertz CT molecular complexity index is 1280. The molecule has 0 unspecified atom stereocenters. The van der Waals surface area contributed by atoms with Gasteiger partial charge in [0.25, 0.3) is 0 Å². The van der Waals surface area contributed by atoms with E-state index in [0.29, 0.717) is 42.8 Å². The predicted octanol–water partition coefficient (Wildman–Crippen LogP) is 4.17. The van der Waals surface area contributed by atoms with Crippen molar-refractivity contribution in [3.05, 3.63) is 34.7 Å². The van der Waals surface area contributed by atoms with Crippen LogP contribution in [0.25, 0.3) is 11.2 Å². The molecule has 0 spiro atoms. The summed E-state index contributed by atoms with van der Waals surface area (Å²) in [5, 5.41) is 25.2. The lowest BCUT2D eigenvalue weighted by Crippen LogP contribution is -2.19. The second-order valence-corrected chi connectivity index (χ2v) is 9.42. The van der Waals surface area contributed by atoms with Gasteiger partial charge in [-0.1, -0.05) is 24.9 Å². The Morgan fingerprint density at radius 3 is 2.83 bits per heavy atom. The molecule has 2 heterocycles. The smallest absolute Gasteiger partial charge is 0.224 e. The first-order valence-electron chi connectivity index (χ1n) is 11.9. The van der Waals surface area contributed by atoms with Gasteiger partial charge in [0.1, 0.15) is 11.3 Å². The third kappa shape index (κ3) is 5.66. The summed E-state index contributed by atoms with van der Waals surface area (Å²) in [4.78, 5) is 25.2. The summed E-state index contributed by atoms with van der Waals surface area (Å²) in [7, 11) is 0. The zero-order valence-corrected chi connectivity index (χ0v) is 20.6. The number of amides is 1. The topological polar surface area (TPSA) is 155 Å². The highest BCUT2D eigenvalue weighted by Crippen LogP contribution is 2.34. The molecule has 0 bridgehead atoms. The number of aliphatic hydroxyl groups is 1. The number of carbonyl (C=O) groups excluding carboxylic acids is 1. The zero-order chi connectivity index (χ0) is 25.8. The summed E-state index contributed by atoms with van der Waals surface area (Å²) < 4.78 is 16.7. The van der Waals surface area contributed by atoms with Gasteiger partial charge in [-0.2, -0.15) is 10.2 Å². The Labute approximate surface area is 212 Å². The first kappa shape index (κ1) is 25.6. The number of nitriles is 1. The van der Waals surface area contributed by atoms with Gasteiger partial charge in [0.15, 0.2) is 5.65 Å². The van der Waals surface area contributed by atoms with Crippen LogP contribution < -0.4 is 16.4 Å². The molecule has 0 aliphatic heterocycles.